The maximum absolute atomic E-state index is 12.5. The van der Waals surface area contributed by atoms with Crippen molar-refractivity contribution >= 4 is 44.0 Å². The number of sulfonamides is 1. The van der Waals surface area contributed by atoms with Gasteiger partial charge in [-0.3, -0.25) is 9.59 Å². The third-order valence-corrected chi connectivity index (χ3v) is 5.78. The van der Waals surface area contributed by atoms with Crippen molar-refractivity contribution in [1.29, 1.82) is 0 Å². The molecule has 3 N–H and O–H groups in total. The number of rotatable bonds is 6. The third-order valence-electron chi connectivity index (χ3n) is 4.23. The van der Waals surface area contributed by atoms with Gasteiger partial charge in [-0.15, -0.1) is 0 Å². The molecule has 150 valence electrons. The molecule has 0 unspecified atom stereocenters. The monoisotopic (exact) mass is 411 g/mol. The van der Waals surface area contributed by atoms with E-state index in [-0.39, 0.29) is 10.8 Å². The maximum atomic E-state index is 12.5. The van der Waals surface area contributed by atoms with Gasteiger partial charge in [0, 0.05) is 18.3 Å². The Labute approximate surface area is 169 Å². The van der Waals surface area contributed by atoms with Crippen LogP contribution in [-0.4, -0.2) is 26.3 Å². The molecule has 0 aromatic heterocycles. The molecular formula is C21H21N3O4S. The number of hydrogen-bond acceptors (Lipinski definition) is 4. The Morgan fingerprint density at radius 1 is 0.828 bits per heavy atom. The first-order valence-electron chi connectivity index (χ1n) is 8.94. The molecule has 2 amide bonds. The Balaban J connectivity index is 1.67. The van der Waals surface area contributed by atoms with E-state index in [4.69, 9.17) is 0 Å². The smallest absolute Gasteiger partial charge is 0.242 e. The second-order valence-corrected chi connectivity index (χ2v) is 8.31. The maximum Gasteiger partial charge on any atom is 0.242 e. The Morgan fingerprint density at radius 2 is 1.45 bits per heavy atom. The fraction of sp³-hybridized carbons (Fsp3) is 0.143. The molecule has 0 fully saturated rings. The van der Waals surface area contributed by atoms with Crippen molar-refractivity contribution in [3.8, 4) is 0 Å². The Bertz CT molecular complexity index is 1160. The molecule has 0 saturated heterocycles. The number of carbonyl (C=O) groups is 2. The van der Waals surface area contributed by atoms with Crippen molar-refractivity contribution in [2.24, 2.45) is 0 Å². The lowest BCUT2D eigenvalue weighted by atomic mass is 10.1. The minimum atomic E-state index is -3.90. The topological polar surface area (TPSA) is 104 Å². The van der Waals surface area contributed by atoms with E-state index in [9.17, 15) is 18.0 Å². The lowest BCUT2D eigenvalue weighted by Crippen LogP contribution is -2.41. The fourth-order valence-corrected chi connectivity index (χ4v) is 4.00. The van der Waals surface area contributed by atoms with Crippen LogP contribution in [0.3, 0.4) is 0 Å². The summed E-state index contributed by atoms with van der Waals surface area (Å²) < 4.78 is 27.4. The highest BCUT2D eigenvalue weighted by atomic mass is 32.2. The van der Waals surface area contributed by atoms with Crippen LogP contribution in [0, 0.1) is 0 Å². The van der Waals surface area contributed by atoms with Gasteiger partial charge in [-0.2, -0.15) is 4.72 Å². The van der Waals surface area contributed by atoms with Gasteiger partial charge in [-0.25, -0.2) is 8.42 Å². The first-order chi connectivity index (χ1) is 13.7. The molecule has 0 spiro atoms. The molecule has 0 aliphatic rings. The summed E-state index contributed by atoms with van der Waals surface area (Å²) in [6.45, 7) is 2.83. The molecule has 3 aromatic rings. The zero-order valence-electron chi connectivity index (χ0n) is 16.0. The van der Waals surface area contributed by atoms with Crippen LogP contribution in [0.1, 0.15) is 13.8 Å². The second kappa shape index (κ2) is 8.42. The molecule has 0 heterocycles. The van der Waals surface area contributed by atoms with E-state index in [1.807, 2.05) is 36.4 Å². The Morgan fingerprint density at radius 3 is 2.10 bits per heavy atom. The van der Waals surface area contributed by atoms with Crippen LogP contribution in [0.5, 0.6) is 0 Å². The highest BCUT2D eigenvalue weighted by Gasteiger charge is 2.22. The van der Waals surface area contributed by atoms with Gasteiger partial charge in [0.2, 0.25) is 21.8 Å². The lowest BCUT2D eigenvalue weighted by molar-refractivity contribution is -0.117. The number of amides is 2. The number of carbonyl (C=O) groups excluding carboxylic acids is 2. The molecule has 8 heteroatoms. The molecule has 7 nitrogen and oxygen atoms in total. The van der Waals surface area contributed by atoms with Crippen LogP contribution in [0.25, 0.3) is 10.8 Å². The highest BCUT2D eigenvalue weighted by Crippen LogP contribution is 2.19. The molecule has 3 aromatic carbocycles. The van der Waals surface area contributed by atoms with E-state index < -0.39 is 22.0 Å². The normalized spacial score (nSPS) is 12.3. The van der Waals surface area contributed by atoms with E-state index >= 15 is 0 Å². The quantitative estimate of drug-likeness (QED) is 0.580. The predicted molar refractivity (Wildman–Crippen MR) is 113 cm³/mol. The van der Waals surface area contributed by atoms with Crippen LogP contribution in [0.4, 0.5) is 11.4 Å². The SMILES string of the molecule is CC(=O)Nc1ccc(S(=O)(=O)N[C@@H](C)C(=O)Nc2ccc3ccccc3c2)cc1. The molecule has 3 rings (SSSR count). The average molecular weight is 411 g/mol. The molecule has 0 saturated carbocycles. The standard InChI is InChI=1S/C21H21N3O4S/c1-14(21(26)23-19-8-7-16-5-3-4-6-17(16)13-19)24-29(27,28)20-11-9-18(10-12-20)22-15(2)25/h3-14,24H,1-2H3,(H,22,25)(H,23,26)/t14-/m0/s1. The summed E-state index contributed by atoms with van der Waals surface area (Å²) >= 11 is 0. The first-order valence-corrected chi connectivity index (χ1v) is 10.4. The van der Waals surface area contributed by atoms with Gasteiger partial charge in [0.15, 0.2) is 0 Å². The molecule has 0 radical (unpaired) electrons. The van der Waals surface area contributed by atoms with Gasteiger partial charge in [0.05, 0.1) is 10.9 Å². The predicted octanol–water partition coefficient (Wildman–Crippen LogP) is 3.10. The summed E-state index contributed by atoms with van der Waals surface area (Å²) in [4.78, 5) is 23.5. The summed E-state index contributed by atoms with van der Waals surface area (Å²) in [5.41, 5.74) is 1.07. The van der Waals surface area contributed by atoms with Crippen molar-refractivity contribution in [2.75, 3.05) is 10.6 Å². The molecule has 1 atom stereocenters. The molecule has 0 bridgehead atoms. The second-order valence-electron chi connectivity index (χ2n) is 6.60. The van der Waals surface area contributed by atoms with Gasteiger partial charge in [0.1, 0.15) is 0 Å². The third kappa shape index (κ3) is 5.18. The van der Waals surface area contributed by atoms with Gasteiger partial charge >= 0.3 is 0 Å². The molecule has 0 aliphatic heterocycles. The van der Waals surface area contributed by atoms with E-state index in [0.29, 0.717) is 11.4 Å². The van der Waals surface area contributed by atoms with E-state index in [1.54, 1.807) is 6.07 Å². The fourth-order valence-electron chi connectivity index (χ4n) is 2.79. The van der Waals surface area contributed by atoms with Crippen molar-refractivity contribution in [3.63, 3.8) is 0 Å². The lowest BCUT2D eigenvalue weighted by Gasteiger charge is -2.15. The number of anilines is 2. The summed E-state index contributed by atoms with van der Waals surface area (Å²) in [5, 5.41) is 7.30. The average Bonchev–Trinajstić information content (AvgIpc) is 2.67. The Kier molecular flexibility index (Phi) is 5.95. The summed E-state index contributed by atoms with van der Waals surface area (Å²) in [6, 6.07) is 17.9. The van der Waals surface area contributed by atoms with Crippen LogP contribution >= 0.6 is 0 Å². The zero-order chi connectivity index (χ0) is 21.0. The summed E-state index contributed by atoms with van der Waals surface area (Å²) in [6.07, 6.45) is 0. The first kappa shape index (κ1) is 20.5. The van der Waals surface area contributed by atoms with Crippen molar-refractivity contribution in [1.82, 2.24) is 4.72 Å². The van der Waals surface area contributed by atoms with Crippen molar-refractivity contribution < 1.29 is 18.0 Å². The van der Waals surface area contributed by atoms with Crippen LogP contribution < -0.4 is 15.4 Å². The number of nitrogens with one attached hydrogen (secondary N) is 3. The summed E-state index contributed by atoms with van der Waals surface area (Å²) in [5.74, 6) is -0.726. The Hall–Kier alpha value is -3.23. The van der Waals surface area contributed by atoms with Gasteiger partial charge in [-0.1, -0.05) is 30.3 Å². The number of hydrogen-bond donors (Lipinski definition) is 3. The number of fused-ring (bicyclic) bond motifs is 1. The minimum Gasteiger partial charge on any atom is -0.326 e. The van der Waals surface area contributed by atoms with E-state index in [2.05, 4.69) is 15.4 Å². The zero-order valence-corrected chi connectivity index (χ0v) is 16.8. The number of benzene rings is 3. The van der Waals surface area contributed by atoms with Gasteiger partial charge < -0.3 is 10.6 Å². The van der Waals surface area contributed by atoms with E-state index in [0.717, 1.165) is 10.8 Å². The van der Waals surface area contributed by atoms with Crippen LogP contribution in [-0.2, 0) is 19.6 Å². The molecular weight excluding hydrogens is 390 g/mol. The minimum absolute atomic E-state index is 0.00282. The van der Waals surface area contributed by atoms with Crippen LogP contribution in [0.2, 0.25) is 0 Å². The molecule has 0 aliphatic carbocycles. The van der Waals surface area contributed by atoms with Gasteiger partial charge in [-0.05, 0) is 54.1 Å². The summed E-state index contributed by atoms with van der Waals surface area (Å²) in [7, 11) is -3.90. The molecule has 29 heavy (non-hydrogen) atoms. The van der Waals surface area contributed by atoms with Crippen LogP contribution in [0.15, 0.2) is 71.6 Å². The highest BCUT2D eigenvalue weighted by molar-refractivity contribution is 7.89. The van der Waals surface area contributed by atoms with Gasteiger partial charge in [0.25, 0.3) is 0 Å². The van der Waals surface area contributed by atoms with Crippen molar-refractivity contribution in [2.45, 2.75) is 24.8 Å². The van der Waals surface area contributed by atoms with E-state index in [1.165, 1.54) is 38.1 Å². The van der Waals surface area contributed by atoms with Crippen molar-refractivity contribution in [3.05, 3.63) is 66.7 Å². The largest absolute Gasteiger partial charge is 0.326 e.